The fourth-order valence-electron chi connectivity index (χ4n) is 3.54. The summed E-state index contributed by atoms with van der Waals surface area (Å²) >= 11 is 0. The van der Waals surface area contributed by atoms with Crippen LogP contribution in [0.2, 0.25) is 0 Å². The molecule has 1 aromatic rings. The van der Waals surface area contributed by atoms with Gasteiger partial charge in [0, 0.05) is 32.7 Å². The highest BCUT2D eigenvalue weighted by molar-refractivity contribution is 14.0. The Kier molecular flexibility index (Phi) is 13.5. The molecule has 1 heterocycles. The van der Waals surface area contributed by atoms with Crippen molar-refractivity contribution in [1.29, 1.82) is 0 Å². The molecule has 1 aromatic carbocycles. The highest BCUT2D eigenvalue weighted by Gasteiger charge is 2.11. The van der Waals surface area contributed by atoms with E-state index in [0.717, 1.165) is 32.0 Å². The lowest BCUT2D eigenvalue weighted by Gasteiger charge is -2.25. The van der Waals surface area contributed by atoms with E-state index in [4.69, 9.17) is 0 Å². The maximum Gasteiger partial charge on any atom is 0.190 e. The van der Waals surface area contributed by atoms with E-state index in [1.807, 2.05) is 7.05 Å². The summed E-state index contributed by atoms with van der Waals surface area (Å²) < 4.78 is 0. The SMILES string of the molecule is CN=C(NCCCCN1CCCC1)NCCC(C)N(C)Cc1ccccc1.I. The molecule has 1 aliphatic heterocycles. The molecule has 0 radical (unpaired) electrons. The number of benzene rings is 1. The number of unbranched alkanes of at least 4 members (excludes halogenated alkanes) is 1. The third-order valence-corrected chi connectivity index (χ3v) is 5.50. The fourth-order valence-corrected chi connectivity index (χ4v) is 3.54. The molecule has 0 saturated carbocycles. The zero-order chi connectivity index (χ0) is 19.3. The van der Waals surface area contributed by atoms with Gasteiger partial charge in [-0.25, -0.2) is 0 Å². The number of nitrogens with one attached hydrogen (secondary N) is 2. The van der Waals surface area contributed by atoms with Crippen molar-refractivity contribution in [2.75, 3.05) is 46.8 Å². The molecule has 2 N–H and O–H groups in total. The quantitative estimate of drug-likeness (QED) is 0.211. The van der Waals surface area contributed by atoms with Gasteiger partial charge < -0.3 is 15.5 Å². The van der Waals surface area contributed by atoms with Crippen LogP contribution in [0.25, 0.3) is 0 Å². The van der Waals surface area contributed by atoms with Crippen LogP contribution in [0.4, 0.5) is 0 Å². The van der Waals surface area contributed by atoms with Gasteiger partial charge in [0.1, 0.15) is 0 Å². The maximum absolute atomic E-state index is 4.34. The molecule has 5 nitrogen and oxygen atoms in total. The van der Waals surface area contributed by atoms with Gasteiger partial charge in [0.25, 0.3) is 0 Å². The number of halogens is 1. The molecule has 160 valence electrons. The summed E-state index contributed by atoms with van der Waals surface area (Å²) in [5.74, 6) is 0.925. The summed E-state index contributed by atoms with van der Waals surface area (Å²) in [6, 6.07) is 11.2. The van der Waals surface area contributed by atoms with Crippen LogP contribution in [0.5, 0.6) is 0 Å². The van der Waals surface area contributed by atoms with E-state index in [1.54, 1.807) is 0 Å². The van der Waals surface area contributed by atoms with Crippen LogP contribution in [0, 0.1) is 0 Å². The lowest BCUT2D eigenvalue weighted by atomic mass is 10.1. The first-order valence-electron chi connectivity index (χ1n) is 10.6. The summed E-state index contributed by atoms with van der Waals surface area (Å²) in [4.78, 5) is 9.34. The Morgan fingerprint density at radius 3 is 2.46 bits per heavy atom. The largest absolute Gasteiger partial charge is 0.356 e. The number of guanidine groups is 1. The van der Waals surface area contributed by atoms with Crippen molar-refractivity contribution >= 4 is 29.9 Å². The van der Waals surface area contributed by atoms with E-state index < -0.39 is 0 Å². The van der Waals surface area contributed by atoms with Crippen molar-refractivity contribution < 1.29 is 0 Å². The lowest BCUT2D eigenvalue weighted by Crippen LogP contribution is -2.40. The number of hydrogen-bond acceptors (Lipinski definition) is 3. The molecule has 1 atom stereocenters. The van der Waals surface area contributed by atoms with Gasteiger partial charge in [-0.3, -0.25) is 9.89 Å². The number of aliphatic imine (C=N–C) groups is 1. The third kappa shape index (κ3) is 10.1. The first-order chi connectivity index (χ1) is 13.2. The minimum absolute atomic E-state index is 0. The zero-order valence-electron chi connectivity index (χ0n) is 18.0. The number of hydrogen-bond donors (Lipinski definition) is 2. The highest BCUT2D eigenvalue weighted by Crippen LogP contribution is 2.08. The summed E-state index contributed by atoms with van der Waals surface area (Å²) in [5.41, 5.74) is 1.37. The van der Waals surface area contributed by atoms with Gasteiger partial charge in [0.05, 0.1) is 0 Å². The number of likely N-dealkylation sites (tertiary alicyclic amines) is 1. The van der Waals surface area contributed by atoms with Crippen molar-refractivity contribution in [3.05, 3.63) is 35.9 Å². The van der Waals surface area contributed by atoms with Crippen LogP contribution in [-0.4, -0.2) is 68.6 Å². The molecule has 0 spiro atoms. The zero-order valence-corrected chi connectivity index (χ0v) is 20.3. The molecule has 1 aliphatic rings. The second-order valence-corrected chi connectivity index (χ2v) is 7.72. The Labute approximate surface area is 189 Å². The van der Waals surface area contributed by atoms with Gasteiger partial charge in [-0.1, -0.05) is 30.3 Å². The molecule has 6 heteroatoms. The van der Waals surface area contributed by atoms with E-state index in [2.05, 4.69) is 69.7 Å². The van der Waals surface area contributed by atoms with Crippen molar-refractivity contribution in [3.63, 3.8) is 0 Å². The predicted molar refractivity (Wildman–Crippen MR) is 132 cm³/mol. The van der Waals surface area contributed by atoms with E-state index in [9.17, 15) is 0 Å². The fraction of sp³-hybridized carbons (Fsp3) is 0.682. The van der Waals surface area contributed by atoms with Gasteiger partial charge in [0.15, 0.2) is 5.96 Å². The maximum atomic E-state index is 4.34. The number of nitrogens with zero attached hydrogens (tertiary/aromatic N) is 3. The molecule has 0 amide bonds. The smallest absolute Gasteiger partial charge is 0.190 e. The Morgan fingerprint density at radius 2 is 1.79 bits per heavy atom. The summed E-state index contributed by atoms with van der Waals surface area (Å²) in [6.45, 7) is 9.07. The van der Waals surface area contributed by atoms with Gasteiger partial charge >= 0.3 is 0 Å². The van der Waals surface area contributed by atoms with Crippen LogP contribution < -0.4 is 10.6 Å². The van der Waals surface area contributed by atoms with Crippen LogP contribution in [-0.2, 0) is 6.54 Å². The number of rotatable bonds is 11. The topological polar surface area (TPSA) is 42.9 Å². The van der Waals surface area contributed by atoms with Gasteiger partial charge in [-0.2, -0.15) is 0 Å². The summed E-state index contributed by atoms with van der Waals surface area (Å²) in [7, 11) is 4.05. The Balaban J connectivity index is 0.00000392. The first-order valence-corrected chi connectivity index (χ1v) is 10.6. The van der Waals surface area contributed by atoms with Crippen molar-refractivity contribution in [2.45, 2.75) is 51.6 Å². The highest BCUT2D eigenvalue weighted by atomic mass is 127. The third-order valence-electron chi connectivity index (χ3n) is 5.50. The van der Waals surface area contributed by atoms with Crippen LogP contribution in [0.1, 0.15) is 44.6 Å². The molecule has 1 saturated heterocycles. The van der Waals surface area contributed by atoms with Gasteiger partial charge in [-0.15, -0.1) is 24.0 Å². The summed E-state index contributed by atoms with van der Waals surface area (Å²) in [6.07, 6.45) is 6.33. The molecule has 2 rings (SSSR count). The molecule has 0 aliphatic carbocycles. The van der Waals surface area contributed by atoms with E-state index in [-0.39, 0.29) is 24.0 Å². The Hall–Kier alpha value is -0.860. The molecule has 0 aromatic heterocycles. The monoisotopic (exact) mass is 501 g/mol. The Morgan fingerprint density at radius 1 is 1.11 bits per heavy atom. The minimum Gasteiger partial charge on any atom is -0.356 e. The molecule has 0 bridgehead atoms. The molecular weight excluding hydrogens is 461 g/mol. The second kappa shape index (κ2) is 15.0. The predicted octanol–water partition coefficient (Wildman–Crippen LogP) is 3.56. The van der Waals surface area contributed by atoms with Crippen LogP contribution in [0.3, 0.4) is 0 Å². The molecule has 1 unspecified atom stereocenters. The second-order valence-electron chi connectivity index (χ2n) is 7.72. The van der Waals surface area contributed by atoms with E-state index >= 15 is 0 Å². The Bertz CT molecular complexity index is 531. The lowest BCUT2D eigenvalue weighted by molar-refractivity contribution is 0.238. The minimum atomic E-state index is 0. The van der Waals surface area contributed by atoms with Crippen LogP contribution >= 0.6 is 24.0 Å². The van der Waals surface area contributed by atoms with E-state index in [1.165, 1.54) is 50.9 Å². The molecule has 1 fully saturated rings. The molecular formula is C22H40IN5. The van der Waals surface area contributed by atoms with Crippen molar-refractivity contribution in [2.24, 2.45) is 4.99 Å². The van der Waals surface area contributed by atoms with Crippen molar-refractivity contribution in [3.8, 4) is 0 Å². The van der Waals surface area contributed by atoms with Crippen molar-refractivity contribution in [1.82, 2.24) is 20.4 Å². The normalized spacial score (nSPS) is 16.1. The summed E-state index contributed by atoms with van der Waals surface area (Å²) in [5, 5.41) is 6.90. The molecule has 28 heavy (non-hydrogen) atoms. The van der Waals surface area contributed by atoms with E-state index in [0.29, 0.717) is 6.04 Å². The van der Waals surface area contributed by atoms with Gasteiger partial charge in [0.2, 0.25) is 0 Å². The average molecular weight is 502 g/mol. The average Bonchev–Trinajstić information content (AvgIpc) is 3.20. The first kappa shape index (κ1) is 25.2. The standard InChI is InChI=1S/C22H39N5.HI/c1-20(26(3)19-21-11-5-4-6-12-21)13-15-25-22(23-2)24-14-7-8-16-27-17-9-10-18-27;/h4-6,11-12,20H,7-10,13-19H2,1-3H3,(H2,23,24,25);1H. The van der Waals surface area contributed by atoms with Gasteiger partial charge in [-0.05, 0) is 71.3 Å². The van der Waals surface area contributed by atoms with Crippen LogP contribution in [0.15, 0.2) is 35.3 Å².